The Labute approximate surface area is 112 Å². The Morgan fingerprint density at radius 1 is 1.21 bits per heavy atom. The molecule has 3 rings (SSSR count). The van der Waals surface area contributed by atoms with Crippen molar-refractivity contribution in [3.05, 3.63) is 53.6 Å². The summed E-state index contributed by atoms with van der Waals surface area (Å²) in [5.74, 6) is 0.592. The summed E-state index contributed by atoms with van der Waals surface area (Å²) in [5.41, 5.74) is 6.19. The first-order chi connectivity index (χ1) is 9.22. The lowest BCUT2D eigenvalue weighted by molar-refractivity contribution is 0.424. The molecule has 19 heavy (non-hydrogen) atoms. The third-order valence-corrected chi connectivity index (χ3v) is 3.51. The molecular weight excluding hydrogens is 265 g/mol. The number of anilines is 1. The lowest BCUT2D eigenvalue weighted by Crippen LogP contribution is -1.94. The Balaban J connectivity index is 1.84. The standard InChI is InChI=1S/C13H10FN3OS/c14-9-4-2-1-3-8(9)7-12-16-13(18-17-12)10-5-6-11(15)19-10/h1-6H,7,15H2. The maximum atomic E-state index is 13.5. The molecule has 0 aliphatic rings. The second-order valence-corrected chi connectivity index (χ2v) is 5.10. The Bertz CT molecular complexity index is 707. The number of aromatic nitrogens is 2. The summed E-state index contributed by atoms with van der Waals surface area (Å²) in [4.78, 5) is 5.05. The van der Waals surface area contributed by atoms with Gasteiger partial charge in [0.15, 0.2) is 5.82 Å². The average Bonchev–Trinajstić information content (AvgIpc) is 3.01. The molecule has 3 aromatic rings. The summed E-state index contributed by atoms with van der Waals surface area (Å²) in [6.07, 6.45) is 0.303. The Morgan fingerprint density at radius 2 is 2.05 bits per heavy atom. The molecule has 0 saturated heterocycles. The molecule has 1 aromatic carbocycles. The van der Waals surface area contributed by atoms with Crippen molar-refractivity contribution >= 4 is 16.3 Å². The number of rotatable bonds is 3. The molecule has 0 aliphatic carbocycles. The molecule has 4 nitrogen and oxygen atoms in total. The number of nitrogens with zero attached hydrogens (tertiary/aromatic N) is 2. The second kappa shape index (κ2) is 4.81. The van der Waals surface area contributed by atoms with E-state index in [0.717, 1.165) is 4.88 Å². The molecular formula is C13H10FN3OS. The van der Waals surface area contributed by atoms with Gasteiger partial charge in [-0.1, -0.05) is 23.4 Å². The SMILES string of the molecule is Nc1ccc(-c2nc(Cc3ccccc3F)no2)s1. The van der Waals surface area contributed by atoms with E-state index in [2.05, 4.69) is 10.1 Å². The Morgan fingerprint density at radius 3 is 2.79 bits per heavy atom. The number of benzene rings is 1. The highest BCUT2D eigenvalue weighted by atomic mass is 32.1. The van der Waals surface area contributed by atoms with Crippen molar-refractivity contribution < 1.29 is 8.91 Å². The van der Waals surface area contributed by atoms with Gasteiger partial charge in [-0.05, 0) is 23.8 Å². The number of nitrogens with two attached hydrogens (primary N) is 1. The highest BCUT2D eigenvalue weighted by Crippen LogP contribution is 2.28. The molecule has 96 valence electrons. The van der Waals surface area contributed by atoms with E-state index >= 15 is 0 Å². The first-order valence-corrected chi connectivity index (χ1v) is 6.46. The fourth-order valence-corrected chi connectivity index (χ4v) is 2.40. The van der Waals surface area contributed by atoms with Crippen LogP contribution in [0.3, 0.4) is 0 Å². The minimum atomic E-state index is -0.269. The van der Waals surface area contributed by atoms with Crippen LogP contribution in [-0.2, 0) is 6.42 Å². The summed E-state index contributed by atoms with van der Waals surface area (Å²) < 4.78 is 18.7. The topological polar surface area (TPSA) is 64.9 Å². The van der Waals surface area contributed by atoms with Crippen LogP contribution in [0.2, 0.25) is 0 Å². The smallest absolute Gasteiger partial charge is 0.268 e. The molecule has 0 unspecified atom stereocenters. The van der Waals surface area contributed by atoms with Gasteiger partial charge in [-0.3, -0.25) is 0 Å². The average molecular weight is 275 g/mol. The van der Waals surface area contributed by atoms with Crippen LogP contribution in [0.15, 0.2) is 40.9 Å². The second-order valence-electron chi connectivity index (χ2n) is 3.99. The molecule has 0 aliphatic heterocycles. The lowest BCUT2D eigenvalue weighted by Gasteiger charge is -1.97. The van der Waals surface area contributed by atoms with Gasteiger partial charge in [0, 0.05) is 6.42 Å². The predicted molar refractivity (Wildman–Crippen MR) is 71.2 cm³/mol. The molecule has 2 N–H and O–H groups in total. The molecule has 2 heterocycles. The van der Waals surface area contributed by atoms with Crippen molar-refractivity contribution in [3.8, 4) is 10.8 Å². The lowest BCUT2D eigenvalue weighted by atomic mass is 10.1. The van der Waals surface area contributed by atoms with Gasteiger partial charge in [0.2, 0.25) is 0 Å². The van der Waals surface area contributed by atoms with Crippen LogP contribution in [0.1, 0.15) is 11.4 Å². The first kappa shape index (κ1) is 11.9. The molecule has 0 fully saturated rings. The zero-order valence-corrected chi connectivity index (χ0v) is 10.7. The van der Waals surface area contributed by atoms with E-state index in [-0.39, 0.29) is 5.82 Å². The molecule has 2 aromatic heterocycles. The summed E-state index contributed by atoms with van der Waals surface area (Å²) >= 11 is 1.37. The summed E-state index contributed by atoms with van der Waals surface area (Å²) in [7, 11) is 0. The van der Waals surface area contributed by atoms with E-state index in [1.807, 2.05) is 6.07 Å². The largest absolute Gasteiger partial charge is 0.391 e. The van der Waals surface area contributed by atoms with Crippen LogP contribution in [-0.4, -0.2) is 10.1 Å². The summed E-state index contributed by atoms with van der Waals surface area (Å²) in [6.45, 7) is 0. The third kappa shape index (κ3) is 2.48. The number of thiophene rings is 1. The minimum Gasteiger partial charge on any atom is -0.391 e. The zero-order chi connectivity index (χ0) is 13.2. The van der Waals surface area contributed by atoms with Crippen molar-refractivity contribution in [2.75, 3.05) is 5.73 Å². The number of nitrogen functional groups attached to an aromatic ring is 1. The molecule has 0 saturated carbocycles. The van der Waals surface area contributed by atoms with Crippen LogP contribution in [0.5, 0.6) is 0 Å². The number of hydrogen-bond donors (Lipinski definition) is 1. The van der Waals surface area contributed by atoms with Gasteiger partial charge in [-0.15, -0.1) is 11.3 Å². The van der Waals surface area contributed by atoms with Crippen molar-refractivity contribution in [2.24, 2.45) is 0 Å². The Hall–Kier alpha value is -2.21. The Kier molecular flexibility index (Phi) is 3.00. The van der Waals surface area contributed by atoms with Crippen LogP contribution in [0.25, 0.3) is 10.8 Å². The van der Waals surface area contributed by atoms with Crippen LogP contribution in [0, 0.1) is 5.82 Å². The van der Waals surface area contributed by atoms with Gasteiger partial charge in [0.25, 0.3) is 5.89 Å². The highest BCUT2D eigenvalue weighted by molar-refractivity contribution is 7.19. The number of halogens is 1. The third-order valence-electron chi connectivity index (χ3n) is 2.61. The zero-order valence-electron chi connectivity index (χ0n) is 9.84. The fraction of sp³-hybridized carbons (Fsp3) is 0.0769. The van der Waals surface area contributed by atoms with E-state index in [0.29, 0.717) is 28.7 Å². The maximum Gasteiger partial charge on any atom is 0.268 e. The van der Waals surface area contributed by atoms with Gasteiger partial charge < -0.3 is 10.3 Å². The normalized spacial score (nSPS) is 10.8. The molecule has 0 amide bonds. The maximum absolute atomic E-state index is 13.5. The van der Waals surface area contributed by atoms with Gasteiger partial charge in [0.1, 0.15) is 5.82 Å². The van der Waals surface area contributed by atoms with E-state index < -0.39 is 0 Å². The summed E-state index contributed by atoms with van der Waals surface area (Å²) in [5, 5.41) is 4.54. The molecule has 0 atom stereocenters. The fourth-order valence-electron chi connectivity index (χ4n) is 1.71. The van der Waals surface area contributed by atoms with E-state index in [1.54, 1.807) is 24.3 Å². The summed E-state index contributed by atoms with van der Waals surface area (Å²) in [6, 6.07) is 10.1. The number of hydrogen-bond acceptors (Lipinski definition) is 5. The minimum absolute atomic E-state index is 0.269. The van der Waals surface area contributed by atoms with Crippen molar-refractivity contribution in [3.63, 3.8) is 0 Å². The highest BCUT2D eigenvalue weighted by Gasteiger charge is 2.12. The monoisotopic (exact) mass is 275 g/mol. The van der Waals surface area contributed by atoms with Gasteiger partial charge in [-0.25, -0.2) is 4.39 Å². The predicted octanol–water partition coefficient (Wildman–Crippen LogP) is 3.11. The van der Waals surface area contributed by atoms with Gasteiger partial charge >= 0.3 is 0 Å². The van der Waals surface area contributed by atoms with Crippen molar-refractivity contribution in [1.29, 1.82) is 0 Å². The van der Waals surface area contributed by atoms with E-state index in [1.165, 1.54) is 17.4 Å². The first-order valence-electron chi connectivity index (χ1n) is 5.64. The molecule has 6 heteroatoms. The quantitative estimate of drug-likeness (QED) is 0.797. The van der Waals surface area contributed by atoms with Gasteiger partial charge in [0.05, 0.1) is 9.88 Å². The van der Waals surface area contributed by atoms with E-state index in [4.69, 9.17) is 10.3 Å². The van der Waals surface area contributed by atoms with Crippen molar-refractivity contribution in [1.82, 2.24) is 10.1 Å². The van der Waals surface area contributed by atoms with Crippen molar-refractivity contribution in [2.45, 2.75) is 6.42 Å². The molecule has 0 bridgehead atoms. The van der Waals surface area contributed by atoms with Crippen LogP contribution < -0.4 is 5.73 Å². The molecule has 0 radical (unpaired) electrons. The van der Waals surface area contributed by atoms with E-state index in [9.17, 15) is 4.39 Å². The van der Waals surface area contributed by atoms with Crippen LogP contribution >= 0.6 is 11.3 Å². The van der Waals surface area contributed by atoms with Gasteiger partial charge in [-0.2, -0.15) is 4.98 Å². The molecule has 0 spiro atoms. The van der Waals surface area contributed by atoms with Crippen LogP contribution in [0.4, 0.5) is 9.39 Å².